The molecular weight excluding hydrogens is 240 g/mol. The van der Waals surface area contributed by atoms with Crippen molar-refractivity contribution in [3.8, 4) is 17.2 Å². The van der Waals surface area contributed by atoms with Crippen LogP contribution in [0.5, 0.6) is 17.2 Å². The normalized spacial score (nSPS) is 21.5. The summed E-state index contributed by atoms with van der Waals surface area (Å²) in [6.07, 6.45) is 0.854. The molecule has 0 bridgehead atoms. The largest absolute Gasteiger partial charge is 0.508 e. The van der Waals surface area contributed by atoms with Crippen molar-refractivity contribution in [2.24, 2.45) is 5.92 Å². The second kappa shape index (κ2) is 4.50. The van der Waals surface area contributed by atoms with Gasteiger partial charge in [-0.25, -0.2) is 0 Å². The molecule has 1 aliphatic rings. The van der Waals surface area contributed by atoms with Crippen LogP contribution in [-0.4, -0.2) is 10.2 Å². The number of fused-ring (bicyclic) bond motifs is 1. The number of phenols is 2. The fraction of sp³-hybridized carbons (Fsp3) is 0.250. The van der Waals surface area contributed by atoms with Crippen molar-refractivity contribution in [3.63, 3.8) is 0 Å². The third-order valence-corrected chi connectivity index (χ3v) is 3.58. The lowest BCUT2D eigenvalue weighted by atomic mass is 9.88. The van der Waals surface area contributed by atoms with Gasteiger partial charge in [0.05, 0.1) is 0 Å². The second-order valence-electron chi connectivity index (χ2n) is 5.10. The number of ether oxygens (including phenoxy) is 1. The molecule has 0 unspecified atom stereocenters. The molecule has 2 atom stereocenters. The molecule has 98 valence electrons. The molecule has 0 fully saturated rings. The van der Waals surface area contributed by atoms with Crippen LogP contribution >= 0.6 is 0 Å². The Morgan fingerprint density at radius 1 is 1.00 bits per heavy atom. The van der Waals surface area contributed by atoms with Crippen molar-refractivity contribution >= 4 is 0 Å². The molecule has 1 heterocycles. The zero-order valence-electron chi connectivity index (χ0n) is 10.7. The van der Waals surface area contributed by atoms with Gasteiger partial charge in [-0.05, 0) is 47.9 Å². The third-order valence-electron chi connectivity index (χ3n) is 3.58. The number of aromatic hydroxyl groups is 2. The average molecular weight is 256 g/mol. The van der Waals surface area contributed by atoms with Crippen molar-refractivity contribution in [1.82, 2.24) is 0 Å². The molecular formula is C16H16O3. The molecule has 3 rings (SSSR count). The predicted octanol–water partition coefficient (Wildman–Crippen LogP) is 3.41. The van der Waals surface area contributed by atoms with E-state index in [-0.39, 0.29) is 17.6 Å². The summed E-state index contributed by atoms with van der Waals surface area (Å²) in [6, 6.07) is 12.4. The van der Waals surface area contributed by atoms with E-state index in [1.165, 1.54) is 0 Å². The van der Waals surface area contributed by atoms with Gasteiger partial charge in [0, 0.05) is 5.92 Å². The van der Waals surface area contributed by atoms with E-state index >= 15 is 0 Å². The molecule has 3 heteroatoms. The number of hydrogen-bond donors (Lipinski definition) is 2. The summed E-state index contributed by atoms with van der Waals surface area (Å²) in [4.78, 5) is 0. The monoisotopic (exact) mass is 256 g/mol. The number of benzene rings is 2. The van der Waals surface area contributed by atoms with Crippen LogP contribution in [0.4, 0.5) is 0 Å². The minimum atomic E-state index is -0.0161. The maximum Gasteiger partial charge on any atom is 0.127 e. The van der Waals surface area contributed by atoms with Gasteiger partial charge in [0.2, 0.25) is 0 Å². The highest BCUT2D eigenvalue weighted by Crippen LogP contribution is 2.39. The van der Waals surface area contributed by atoms with Crippen LogP contribution in [0.25, 0.3) is 0 Å². The molecule has 1 aliphatic heterocycles. The Hall–Kier alpha value is -2.16. The highest BCUT2D eigenvalue weighted by atomic mass is 16.5. The summed E-state index contributed by atoms with van der Waals surface area (Å²) in [5, 5.41) is 18.8. The zero-order valence-corrected chi connectivity index (χ0v) is 10.7. The van der Waals surface area contributed by atoms with Crippen LogP contribution in [-0.2, 0) is 6.42 Å². The smallest absolute Gasteiger partial charge is 0.127 e. The molecule has 0 amide bonds. The maximum atomic E-state index is 9.50. The fourth-order valence-electron chi connectivity index (χ4n) is 2.61. The van der Waals surface area contributed by atoms with Gasteiger partial charge in [-0.1, -0.05) is 19.1 Å². The van der Waals surface area contributed by atoms with E-state index < -0.39 is 0 Å². The van der Waals surface area contributed by atoms with Crippen LogP contribution in [0.15, 0.2) is 42.5 Å². The van der Waals surface area contributed by atoms with Gasteiger partial charge >= 0.3 is 0 Å². The summed E-state index contributed by atoms with van der Waals surface area (Å²) in [6.45, 7) is 2.13. The Labute approximate surface area is 112 Å². The minimum absolute atomic E-state index is 0.0161. The lowest BCUT2D eigenvalue weighted by Gasteiger charge is -2.32. The van der Waals surface area contributed by atoms with Gasteiger partial charge in [0.25, 0.3) is 0 Å². The van der Waals surface area contributed by atoms with E-state index in [0.29, 0.717) is 5.92 Å². The summed E-state index contributed by atoms with van der Waals surface area (Å²) in [5.41, 5.74) is 2.10. The molecule has 3 nitrogen and oxygen atoms in total. The molecule has 0 aliphatic carbocycles. The molecule has 0 spiro atoms. The zero-order chi connectivity index (χ0) is 13.4. The second-order valence-corrected chi connectivity index (χ2v) is 5.10. The fourth-order valence-corrected chi connectivity index (χ4v) is 2.61. The SMILES string of the molecule is C[C@H]1Cc2cc(O)ccc2O[C@H]1c1ccc(O)cc1. The average Bonchev–Trinajstić information content (AvgIpc) is 2.39. The summed E-state index contributed by atoms with van der Waals surface area (Å²) >= 11 is 0. The van der Waals surface area contributed by atoms with Crippen LogP contribution in [0.2, 0.25) is 0 Å². The van der Waals surface area contributed by atoms with Crippen molar-refractivity contribution in [1.29, 1.82) is 0 Å². The summed E-state index contributed by atoms with van der Waals surface area (Å²) in [5.74, 6) is 1.68. The summed E-state index contributed by atoms with van der Waals surface area (Å²) in [7, 11) is 0. The van der Waals surface area contributed by atoms with Gasteiger partial charge in [0.1, 0.15) is 23.4 Å². The third kappa shape index (κ3) is 2.24. The lowest BCUT2D eigenvalue weighted by Crippen LogP contribution is -2.23. The van der Waals surface area contributed by atoms with Gasteiger partial charge in [-0.15, -0.1) is 0 Å². The minimum Gasteiger partial charge on any atom is -0.508 e. The first-order chi connectivity index (χ1) is 9.13. The van der Waals surface area contributed by atoms with Crippen molar-refractivity contribution in [2.45, 2.75) is 19.4 Å². The van der Waals surface area contributed by atoms with Gasteiger partial charge in [-0.2, -0.15) is 0 Å². The first-order valence-corrected chi connectivity index (χ1v) is 6.41. The lowest BCUT2D eigenvalue weighted by molar-refractivity contribution is 0.123. The van der Waals surface area contributed by atoms with Crippen LogP contribution in [0.3, 0.4) is 0 Å². The molecule has 0 radical (unpaired) electrons. The van der Waals surface area contributed by atoms with Gasteiger partial charge in [0.15, 0.2) is 0 Å². The van der Waals surface area contributed by atoms with Crippen molar-refractivity contribution in [3.05, 3.63) is 53.6 Å². The predicted molar refractivity (Wildman–Crippen MR) is 72.5 cm³/mol. The Bertz CT molecular complexity index is 589. The van der Waals surface area contributed by atoms with Gasteiger partial charge in [-0.3, -0.25) is 0 Å². The summed E-state index contributed by atoms with van der Waals surface area (Å²) < 4.78 is 6.03. The first-order valence-electron chi connectivity index (χ1n) is 6.41. The molecule has 0 saturated heterocycles. The molecule has 0 saturated carbocycles. The molecule has 0 aromatic heterocycles. The highest BCUT2D eigenvalue weighted by molar-refractivity contribution is 5.42. The van der Waals surface area contributed by atoms with E-state index in [2.05, 4.69) is 6.92 Å². The standard InChI is InChI=1S/C16H16O3/c1-10-8-12-9-14(18)6-7-15(12)19-16(10)11-2-4-13(17)5-3-11/h2-7,9-10,16-18H,8H2,1H3/t10-,16+/m0/s1. The Morgan fingerprint density at radius 2 is 1.68 bits per heavy atom. The van der Waals surface area contributed by atoms with E-state index in [0.717, 1.165) is 23.3 Å². The van der Waals surface area contributed by atoms with Crippen molar-refractivity contribution < 1.29 is 14.9 Å². The number of rotatable bonds is 1. The van der Waals surface area contributed by atoms with E-state index in [9.17, 15) is 10.2 Å². The van der Waals surface area contributed by atoms with Crippen molar-refractivity contribution in [2.75, 3.05) is 0 Å². The Balaban J connectivity index is 1.93. The van der Waals surface area contributed by atoms with Gasteiger partial charge < -0.3 is 14.9 Å². The van der Waals surface area contributed by atoms with E-state index in [1.807, 2.05) is 18.2 Å². The van der Waals surface area contributed by atoms with Crippen LogP contribution < -0.4 is 4.74 Å². The topological polar surface area (TPSA) is 49.7 Å². The molecule has 19 heavy (non-hydrogen) atoms. The number of phenolic OH excluding ortho intramolecular Hbond substituents is 2. The van der Waals surface area contributed by atoms with Crippen LogP contribution in [0.1, 0.15) is 24.2 Å². The van der Waals surface area contributed by atoms with Crippen LogP contribution in [0, 0.1) is 5.92 Å². The molecule has 2 N–H and O–H groups in total. The van der Waals surface area contributed by atoms with E-state index in [1.54, 1.807) is 24.3 Å². The Morgan fingerprint density at radius 3 is 2.42 bits per heavy atom. The molecule has 2 aromatic rings. The number of hydrogen-bond acceptors (Lipinski definition) is 3. The van der Waals surface area contributed by atoms with E-state index in [4.69, 9.17) is 4.74 Å². The maximum absolute atomic E-state index is 9.50. The first kappa shape index (κ1) is 11.9. The highest BCUT2D eigenvalue weighted by Gasteiger charge is 2.28. The Kier molecular flexibility index (Phi) is 2.82. The quantitative estimate of drug-likeness (QED) is 0.822. The molecule has 2 aromatic carbocycles.